The molecule has 1 saturated heterocycles. The number of ether oxygens (including phenoxy) is 1. The van der Waals surface area contributed by atoms with Crippen molar-refractivity contribution < 1.29 is 19.1 Å². The zero-order valence-corrected chi connectivity index (χ0v) is 18.0. The predicted molar refractivity (Wildman–Crippen MR) is 119 cm³/mol. The number of nitrogens with one attached hydrogen (secondary N) is 1. The van der Waals surface area contributed by atoms with Crippen molar-refractivity contribution in [3.8, 4) is 0 Å². The Labute approximate surface area is 184 Å². The number of esters is 1. The van der Waals surface area contributed by atoms with Crippen molar-refractivity contribution >= 4 is 45.5 Å². The molecule has 2 aromatic carbocycles. The second kappa shape index (κ2) is 10.7. The number of para-hydroxylation sites is 1. The molecule has 3 rings (SSSR count). The summed E-state index contributed by atoms with van der Waals surface area (Å²) in [6.45, 7) is 0.640. The summed E-state index contributed by atoms with van der Waals surface area (Å²) in [7, 11) is 0. The Balaban J connectivity index is 1.40. The Hall–Kier alpha value is -2.93. The van der Waals surface area contributed by atoms with Crippen LogP contribution < -0.4 is 5.32 Å². The first kappa shape index (κ1) is 21.8. The van der Waals surface area contributed by atoms with E-state index in [2.05, 4.69) is 21.2 Å². The average Bonchev–Trinajstić information content (AvgIpc) is 2.78. The van der Waals surface area contributed by atoms with Crippen molar-refractivity contribution in [2.24, 2.45) is 5.92 Å². The summed E-state index contributed by atoms with van der Waals surface area (Å²) in [4.78, 5) is 38.3. The van der Waals surface area contributed by atoms with Crippen LogP contribution >= 0.6 is 15.9 Å². The molecule has 7 heteroatoms. The number of amides is 2. The summed E-state index contributed by atoms with van der Waals surface area (Å²) < 4.78 is 5.93. The highest BCUT2D eigenvalue weighted by Crippen LogP contribution is 2.22. The molecule has 0 radical (unpaired) electrons. The van der Waals surface area contributed by atoms with E-state index in [0.29, 0.717) is 31.6 Å². The lowest BCUT2D eigenvalue weighted by atomic mass is 9.97. The number of carbonyl (C=O) groups is 3. The standard InChI is InChI=1S/C23H23BrN2O4/c24-19-8-4-5-9-20(19)25-21(27)16-30-23(29)18-12-14-26(15-13-18)22(28)11-10-17-6-2-1-3-7-17/h1-11,18H,12-16H2,(H,25,27)/b11-10+. The Kier molecular flexibility index (Phi) is 7.79. The monoisotopic (exact) mass is 470 g/mol. The summed E-state index contributed by atoms with van der Waals surface area (Å²) in [5, 5.41) is 2.69. The van der Waals surface area contributed by atoms with Crippen LogP contribution in [0.5, 0.6) is 0 Å². The van der Waals surface area contributed by atoms with Gasteiger partial charge in [0.05, 0.1) is 11.6 Å². The maximum absolute atomic E-state index is 12.3. The fourth-order valence-electron chi connectivity index (χ4n) is 3.18. The van der Waals surface area contributed by atoms with E-state index in [9.17, 15) is 14.4 Å². The molecule has 1 aliphatic rings. The van der Waals surface area contributed by atoms with Crippen molar-refractivity contribution in [3.05, 3.63) is 70.7 Å². The first-order valence-corrected chi connectivity index (χ1v) is 10.6. The zero-order valence-electron chi connectivity index (χ0n) is 16.4. The molecule has 0 atom stereocenters. The van der Waals surface area contributed by atoms with Gasteiger partial charge in [0.1, 0.15) is 0 Å². The zero-order chi connectivity index (χ0) is 21.3. The molecule has 1 aliphatic heterocycles. The third-order valence-electron chi connectivity index (χ3n) is 4.85. The quantitative estimate of drug-likeness (QED) is 0.513. The number of rotatable bonds is 6. The number of piperidine rings is 1. The van der Waals surface area contributed by atoms with E-state index in [1.807, 2.05) is 42.5 Å². The number of carbonyl (C=O) groups excluding carboxylic acids is 3. The van der Waals surface area contributed by atoms with Crippen LogP contribution in [0.25, 0.3) is 6.08 Å². The smallest absolute Gasteiger partial charge is 0.309 e. The highest BCUT2D eigenvalue weighted by molar-refractivity contribution is 9.10. The van der Waals surface area contributed by atoms with E-state index in [1.165, 1.54) is 0 Å². The molecule has 0 aromatic heterocycles. The van der Waals surface area contributed by atoms with Crippen LogP contribution in [0.2, 0.25) is 0 Å². The fraction of sp³-hybridized carbons (Fsp3) is 0.261. The lowest BCUT2D eigenvalue weighted by Crippen LogP contribution is -2.40. The molecule has 0 spiro atoms. The van der Waals surface area contributed by atoms with Gasteiger partial charge in [-0.3, -0.25) is 14.4 Å². The number of anilines is 1. The van der Waals surface area contributed by atoms with E-state index in [1.54, 1.807) is 29.2 Å². The Morgan fingerprint density at radius 2 is 1.70 bits per heavy atom. The van der Waals surface area contributed by atoms with E-state index >= 15 is 0 Å². The summed E-state index contributed by atoms with van der Waals surface area (Å²) in [6.07, 6.45) is 4.39. The second-order valence-corrected chi connectivity index (χ2v) is 7.83. The van der Waals surface area contributed by atoms with Crippen LogP contribution in [0, 0.1) is 5.92 Å². The number of hydrogen-bond donors (Lipinski definition) is 1. The summed E-state index contributed by atoms with van der Waals surface area (Å²) in [5.74, 6) is -1.17. The molecule has 2 amide bonds. The molecule has 1 heterocycles. The molecule has 0 aliphatic carbocycles. The number of benzene rings is 2. The van der Waals surface area contributed by atoms with Gasteiger partial charge in [-0.2, -0.15) is 0 Å². The van der Waals surface area contributed by atoms with E-state index < -0.39 is 11.9 Å². The van der Waals surface area contributed by atoms with Gasteiger partial charge in [0.15, 0.2) is 6.61 Å². The number of hydrogen-bond acceptors (Lipinski definition) is 4. The molecule has 1 fully saturated rings. The van der Waals surface area contributed by atoms with Gasteiger partial charge >= 0.3 is 5.97 Å². The minimum atomic E-state index is -0.399. The predicted octanol–water partition coefficient (Wildman–Crippen LogP) is 3.88. The highest BCUT2D eigenvalue weighted by atomic mass is 79.9. The van der Waals surface area contributed by atoms with Crippen LogP contribution in [-0.4, -0.2) is 42.4 Å². The van der Waals surface area contributed by atoms with E-state index in [0.717, 1.165) is 10.0 Å². The Bertz CT molecular complexity index is 922. The van der Waals surface area contributed by atoms with Gasteiger partial charge in [0.25, 0.3) is 5.91 Å². The average molecular weight is 471 g/mol. The van der Waals surface area contributed by atoms with Crippen molar-refractivity contribution in [2.75, 3.05) is 25.0 Å². The lowest BCUT2D eigenvalue weighted by molar-refractivity contribution is -0.153. The topological polar surface area (TPSA) is 75.7 Å². The van der Waals surface area contributed by atoms with Gasteiger partial charge in [-0.25, -0.2) is 0 Å². The Morgan fingerprint density at radius 1 is 1.03 bits per heavy atom. The normalized spacial score (nSPS) is 14.5. The van der Waals surface area contributed by atoms with Gasteiger partial charge in [-0.05, 0) is 52.5 Å². The number of likely N-dealkylation sites (tertiary alicyclic amines) is 1. The van der Waals surface area contributed by atoms with Crippen LogP contribution in [0.4, 0.5) is 5.69 Å². The maximum Gasteiger partial charge on any atom is 0.309 e. The molecule has 156 valence electrons. The van der Waals surface area contributed by atoms with Crippen molar-refractivity contribution in [1.29, 1.82) is 0 Å². The van der Waals surface area contributed by atoms with Crippen molar-refractivity contribution in [2.45, 2.75) is 12.8 Å². The van der Waals surface area contributed by atoms with Crippen molar-refractivity contribution in [3.63, 3.8) is 0 Å². The van der Waals surface area contributed by atoms with Gasteiger partial charge in [0, 0.05) is 23.6 Å². The lowest BCUT2D eigenvalue weighted by Gasteiger charge is -2.30. The molecule has 6 nitrogen and oxygen atoms in total. The number of nitrogens with zero attached hydrogens (tertiary/aromatic N) is 1. The fourth-order valence-corrected chi connectivity index (χ4v) is 3.56. The molecule has 0 saturated carbocycles. The van der Waals surface area contributed by atoms with E-state index in [-0.39, 0.29) is 18.4 Å². The molecular weight excluding hydrogens is 448 g/mol. The van der Waals surface area contributed by atoms with Crippen LogP contribution in [0.15, 0.2) is 65.1 Å². The maximum atomic E-state index is 12.3. The van der Waals surface area contributed by atoms with Crippen molar-refractivity contribution in [1.82, 2.24) is 4.90 Å². The van der Waals surface area contributed by atoms with E-state index in [4.69, 9.17) is 4.74 Å². The molecule has 1 N–H and O–H groups in total. The van der Waals surface area contributed by atoms with Gasteiger partial charge in [-0.1, -0.05) is 42.5 Å². The third kappa shape index (κ3) is 6.29. The Morgan fingerprint density at radius 3 is 2.40 bits per heavy atom. The van der Waals surface area contributed by atoms with Crippen LogP contribution in [0.1, 0.15) is 18.4 Å². The molecule has 0 unspecified atom stereocenters. The first-order valence-electron chi connectivity index (χ1n) is 9.76. The van der Waals surface area contributed by atoms with Crippen LogP contribution in [-0.2, 0) is 19.1 Å². The summed E-state index contributed by atoms with van der Waals surface area (Å²) in [6, 6.07) is 16.8. The summed E-state index contributed by atoms with van der Waals surface area (Å²) in [5.41, 5.74) is 1.58. The largest absolute Gasteiger partial charge is 0.455 e. The third-order valence-corrected chi connectivity index (χ3v) is 5.54. The molecule has 30 heavy (non-hydrogen) atoms. The molecular formula is C23H23BrN2O4. The summed E-state index contributed by atoms with van der Waals surface area (Å²) >= 11 is 3.35. The number of halogens is 1. The minimum Gasteiger partial charge on any atom is -0.455 e. The van der Waals surface area contributed by atoms with Gasteiger partial charge in [-0.15, -0.1) is 0 Å². The van der Waals surface area contributed by atoms with Gasteiger partial charge in [0.2, 0.25) is 5.91 Å². The minimum absolute atomic E-state index is 0.0708. The van der Waals surface area contributed by atoms with Gasteiger partial charge < -0.3 is 15.0 Å². The van der Waals surface area contributed by atoms with Crippen LogP contribution in [0.3, 0.4) is 0 Å². The first-order chi connectivity index (χ1) is 14.5. The second-order valence-electron chi connectivity index (χ2n) is 6.98. The SMILES string of the molecule is O=C(COC(=O)C1CCN(C(=O)/C=C/c2ccccc2)CC1)Nc1ccccc1Br. The highest BCUT2D eigenvalue weighted by Gasteiger charge is 2.28. The molecule has 2 aromatic rings. The molecule has 0 bridgehead atoms.